The molecule has 1 unspecified atom stereocenters. The van der Waals surface area contributed by atoms with E-state index in [1.54, 1.807) is 18.2 Å². The third-order valence-corrected chi connectivity index (χ3v) is 4.38. The number of anilines is 1. The van der Waals surface area contributed by atoms with E-state index in [-0.39, 0.29) is 6.54 Å². The van der Waals surface area contributed by atoms with E-state index >= 15 is 0 Å². The number of carbonyl (C=O) groups excluding carboxylic acids is 2. The van der Waals surface area contributed by atoms with Crippen LogP contribution in [0, 0.1) is 0 Å². The quantitative estimate of drug-likeness (QED) is 0.717. The van der Waals surface area contributed by atoms with Gasteiger partial charge >= 0.3 is 11.8 Å². The Morgan fingerprint density at radius 2 is 1.92 bits per heavy atom. The Balaban J connectivity index is 1.51. The standard InChI is InChI=1S/C20H22N2O4/c1-2-13-3-6-16(7-4-13)22-20(25)19(24)21-12-17(23)14-5-8-18-15(11-14)9-10-26-18/h3-8,11,17,23H,2,9-10,12H2,1H3,(H,21,24)(H,22,25). The summed E-state index contributed by atoms with van der Waals surface area (Å²) in [5, 5.41) is 15.2. The number of rotatable bonds is 5. The van der Waals surface area contributed by atoms with Gasteiger partial charge in [-0.15, -0.1) is 0 Å². The normalized spacial score (nSPS) is 13.5. The predicted octanol–water partition coefficient (Wildman–Crippen LogP) is 1.97. The van der Waals surface area contributed by atoms with Crippen molar-refractivity contribution in [1.29, 1.82) is 0 Å². The van der Waals surface area contributed by atoms with Crippen molar-refractivity contribution >= 4 is 17.5 Å². The zero-order valence-corrected chi connectivity index (χ0v) is 14.6. The summed E-state index contributed by atoms with van der Waals surface area (Å²) in [5.41, 5.74) is 3.43. The van der Waals surface area contributed by atoms with Gasteiger partial charge < -0.3 is 20.5 Å². The molecule has 0 bridgehead atoms. The lowest BCUT2D eigenvalue weighted by Gasteiger charge is -2.13. The van der Waals surface area contributed by atoms with Gasteiger partial charge in [0.25, 0.3) is 0 Å². The molecule has 0 radical (unpaired) electrons. The minimum absolute atomic E-state index is 0.0410. The van der Waals surface area contributed by atoms with Gasteiger partial charge in [-0.2, -0.15) is 0 Å². The Bertz CT molecular complexity index is 802. The molecule has 2 amide bonds. The minimum atomic E-state index is -0.888. The summed E-state index contributed by atoms with van der Waals surface area (Å²) in [6, 6.07) is 12.8. The number of fused-ring (bicyclic) bond motifs is 1. The van der Waals surface area contributed by atoms with Crippen molar-refractivity contribution < 1.29 is 19.4 Å². The fourth-order valence-corrected chi connectivity index (χ4v) is 2.81. The molecule has 2 aromatic carbocycles. The number of aliphatic hydroxyl groups excluding tert-OH is 1. The Hall–Kier alpha value is -2.86. The number of hydrogen-bond acceptors (Lipinski definition) is 4. The van der Waals surface area contributed by atoms with E-state index in [9.17, 15) is 14.7 Å². The Labute approximate surface area is 152 Å². The van der Waals surface area contributed by atoms with Crippen LogP contribution in [-0.2, 0) is 22.4 Å². The van der Waals surface area contributed by atoms with E-state index < -0.39 is 17.9 Å². The van der Waals surface area contributed by atoms with Gasteiger partial charge in [-0.25, -0.2) is 0 Å². The molecule has 1 atom stereocenters. The first-order chi connectivity index (χ1) is 12.6. The molecule has 2 aromatic rings. The first-order valence-corrected chi connectivity index (χ1v) is 8.68. The largest absolute Gasteiger partial charge is 0.493 e. The maximum absolute atomic E-state index is 11.9. The lowest BCUT2D eigenvalue weighted by Crippen LogP contribution is -2.37. The van der Waals surface area contributed by atoms with Crippen molar-refractivity contribution in [3.63, 3.8) is 0 Å². The number of carbonyl (C=O) groups is 2. The Morgan fingerprint density at radius 1 is 1.15 bits per heavy atom. The molecule has 26 heavy (non-hydrogen) atoms. The number of ether oxygens (including phenoxy) is 1. The lowest BCUT2D eigenvalue weighted by molar-refractivity contribution is -0.136. The molecule has 0 aliphatic carbocycles. The number of benzene rings is 2. The van der Waals surface area contributed by atoms with Crippen LogP contribution in [0.4, 0.5) is 5.69 Å². The molecule has 1 aliphatic heterocycles. The van der Waals surface area contributed by atoms with E-state index in [1.165, 1.54) is 0 Å². The summed E-state index contributed by atoms with van der Waals surface area (Å²) in [4.78, 5) is 23.9. The molecule has 3 N–H and O–H groups in total. The Kier molecular flexibility index (Phi) is 5.53. The molecule has 6 heteroatoms. The first kappa shape index (κ1) is 17.9. The van der Waals surface area contributed by atoms with Gasteiger partial charge in [0.05, 0.1) is 12.7 Å². The lowest BCUT2D eigenvalue weighted by atomic mass is 10.0. The average molecular weight is 354 g/mol. The van der Waals surface area contributed by atoms with Crippen LogP contribution in [0.15, 0.2) is 42.5 Å². The van der Waals surface area contributed by atoms with Crippen molar-refractivity contribution in [3.05, 3.63) is 59.2 Å². The summed E-state index contributed by atoms with van der Waals surface area (Å²) in [6.45, 7) is 2.64. The van der Waals surface area contributed by atoms with E-state index in [1.807, 2.05) is 31.2 Å². The van der Waals surface area contributed by atoms with Gasteiger partial charge in [0.1, 0.15) is 5.75 Å². The number of aliphatic hydroxyl groups is 1. The van der Waals surface area contributed by atoms with Crippen LogP contribution >= 0.6 is 0 Å². The maximum Gasteiger partial charge on any atom is 0.313 e. The zero-order chi connectivity index (χ0) is 18.5. The zero-order valence-electron chi connectivity index (χ0n) is 14.6. The van der Waals surface area contributed by atoms with Crippen LogP contribution in [-0.4, -0.2) is 30.1 Å². The fraction of sp³-hybridized carbons (Fsp3) is 0.300. The summed E-state index contributed by atoms with van der Waals surface area (Å²) in [5.74, 6) is -0.713. The van der Waals surface area contributed by atoms with Gasteiger partial charge in [0.15, 0.2) is 0 Å². The minimum Gasteiger partial charge on any atom is -0.493 e. The number of hydrogen-bond donors (Lipinski definition) is 3. The summed E-state index contributed by atoms with van der Waals surface area (Å²) < 4.78 is 5.43. The van der Waals surface area contributed by atoms with Crippen LogP contribution in [0.1, 0.15) is 29.7 Å². The molecule has 1 heterocycles. The van der Waals surface area contributed by atoms with Gasteiger partial charge in [-0.1, -0.05) is 25.1 Å². The van der Waals surface area contributed by atoms with Crippen LogP contribution in [0.3, 0.4) is 0 Å². The highest BCUT2D eigenvalue weighted by molar-refractivity contribution is 6.39. The Morgan fingerprint density at radius 3 is 2.65 bits per heavy atom. The third kappa shape index (κ3) is 4.21. The van der Waals surface area contributed by atoms with Crippen LogP contribution in [0.5, 0.6) is 5.75 Å². The molecule has 0 fully saturated rings. The monoisotopic (exact) mass is 354 g/mol. The molecule has 136 valence electrons. The smallest absolute Gasteiger partial charge is 0.313 e. The third-order valence-electron chi connectivity index (χ3n) is 4.38. The van der Waals surface area contributed by atoms with E-state index in [0.29, 0.717) is 17.9 Å². The molecule has 6 nitrogen and oxygen atoms in total. The van der Waals surface area contributed by atoms with E-state index in [4.69, 9.17) is 4.74 Å². The van der Waals surface area contributed by atoms with Gasteiger partial charge in [-0.05, 0) is 47.4 Å². The molecule has 3 rings (SSSR count). The van der Waals surface area contributed by atoms with Crippen LogP contribution in [0.2, 0.25) is 0 Å². The second-order valence-corrected chi connectivity index (χ2v) is 6.20. The molecule has 0 spiro atoms. The molecular formula is C20H22N2O4. The second-order valence-electron chi connectivity index (χ2n) is 6.20. The molecule has 1 aliphatic rings. The predicted molar refractivity (Wildman–Crippen MR) is 98.1 cm³/mol. The highest BCUT2D eigenvalue weighted by Crippen LogP contribution is 2.28. The summed E-state index contributed by atoms with van der Waals surface area (Å²) in [6.07, 6.45) is 0.824. The summed E-state index contributed by atoms with van der Waals surface area (Å²) in [7, 11) is 0. The highest BCUT2D eigenvalue weighted by Gasteiger charge is 2.18. The first-order valence-electron chi connectivity index (χ1n) is 8.68. The molecule has 0 saturated carbocycles. The molecule has 0 aromatic heterocycles. The van der Waals surface area contributed by atoms with Crippen molar-refractivity contribution in [2.75, 3.05) is 18.5 Å². The number of aryl methyl sites for hydroxylation is 1. The fourth-order valence-electron chi connectivity index (χ4n) is 2.81. The highest BCUT2D eigenvalue weighted by atomic mass is 16.5. The molecule has 0 saturated heterocycles. The second kappa shape index (κ2) is 8.01. The van der Waals surface area contributed by atoms with E-state index in [0.717, 1.165) is 29.7 Å². The van der Waals surface area contributed by atoms with Crippen LogP contribution in [0.25, 0.3) is 0 Å². The van der Waals surface area contributed by atoms with Gasteiger partial charge in [0.2, 0.25) is 0 Å². The van der Waals surface area contributed by atoms with Crippen molar-refractivity contribution in [2.24, 2.45) is 0 Å². The van der Waals surface area contributed by atoms with Crippen molar-refractivity contribution in [2.45, 2.75) is 25.9 Å². The topological polar surface area (TPSA) is 87.7 Å². The van der Waals surface area contributed by atoms with Gasteiger partial charge in [0, 0.05) is 18.7 Å². The SMILES string of the molecule is CCc1ccc(NC(=O)C(=O)NCC(O)c2ccc3c(c2)CCO3)cc1. The van der Waals surface area contributed by atoms with Crippen molar-refractivity contribution in [1.82, 2.24) is 5.32 Å². The summed E-state index contributed by atoms with van der Waals surface area (Å²) >= 11 is 0. The van der Waals surface area contributed by atoms with Gasteiger partial charge in [-0.3, -0.25) is 9.59 Å². The average Bonchev–Trinajstić information content (AvgIpc) is 3.14. The van der Waals surface area contributed by atoms with E-state index in [2.05, 4.69) is 10.6 Å². The van der Waals surface area contributed by atoms with Crippen molar-refractivity contribution in [3.8, 4) is 5.75 Å². The number of nitrogens with one attached hydrogen (secondary N) is 2. The molecular weight excluding hydrogens is 332 g/mol. The van der Waals surface area contributed by atoms with Crippen LogP contribution < -0.4 is 15.4 Å². The maximum atomic E-state index is 11.9. The number of amides is 2.